The van der Waals surface area contributed by atoms with Crippen LogP contribution in [0, 0.1) is 5.82 Å². The fourth-order valence-corrected chi connectivity index (χ4v) is 4.33. The second-order valence-electron chi connectivity index (χ2n) is 8.22. The van der Waals surface area contributed by atoms with Crippen LogP contribution in [0.1, 0.15) is 46.1 Å². The molecule has 34 heavy (non-hydrogen) atoms. The van der Waals surface area contributed by atoms with Crippen LogP contribution in [0.5, 0.6) is 0 Å². The highest BCUT2D eigenvalue weighted by Gasteiger charge is 2.36. The van der Waals surface area contributed by atoms with E-state index in [2.05, 4.69) is 9.97 Å². The Morgan fingerprint density at radius 2 is 1.97 bits per heavy atom. The summed E-state index contributed by atoms with van der Waals surface area (Å²) in [6, 6.07) is 5.15. The molecule has 0 fully saturated rings. The number of carbonyl (C=O) groups is 1. The van der Waals surface area contributed by atoms with Gasteiger partial charge in [-0.1, -0.05) is 6.07 Å². The molecular weight excluding hydrogens is 454 g/mol. The molecule has 176 valence electrons. The zero-order chi connectivity index (χ0) is 24.4. The van der Waals surface area contributed by atoms with Gasteiger partial charge in [-0.15, -0.1) is 0 Å². The van der Waals surface area contributed by atoms with Crippen LogP contribution in [0.15, 0.2) is 42.9 Å². The van der Waals surface area contributed by atoms with Crippen molar-refractivity contribution in [1.82, 2.24) is 19.3 Å². The lowest BCUT2D eigenvalue weighted by Crippen LogP contribution is -2.37. The molecule has 0 radical (unpaired) electrons. The molecule has 1 aliphatic rings. The number of benzene rings is 2. The van der Waals surface area contributed by atoms with Gasteiger partial charge in [-0.25, -0.2) is 14.4 Å². The first-order chi connectivity index (χ1) is 16.1. The number of halogens is 4. The van der Waals surface area contributed by atoms with Crippen LogP contribution in [0.3, 0.4) is 0 Å². The van der Waals surface area contributed by atoms with Gasteiger partial charge in [-0.3, -0.25) is 9.20 Å². The van der Waals surface area contributed by atoms with Crippen LogP contribution in [-0.2, 0) is 10.9 Å². The number of nitrogens with zero attached hydrogens (tertiary/aromatic N) is 4. The molecule has 0 bridgehead atoms. The molecule has 2 aromatic heterocycles. The molecule has 5 rings (SSSR count). The van der Waals surface area contributed by atoms with Crippen LogP contribution < -0.4 is 5.73 Å². The van der Waals surface area contributed by atoms with E-state index < -0.39 is 35.6 Å². The lowest BCUT2D eigenvalue weighted by atomic mass is 9.91. The molecule has 4 aromatic rings. The first-order valence-corrected chi connectivity index (χ1v) is 10.4. The van der Waals surface area contributed by atoms with Gasteiger partial charge >= 0.3 is 6.18 Å². The number of alkyl halides is 3. The minimum atomic E-state index is -4.51. The Labute approximate surface area is 190 Å². The second-order valence-corrected chi connectivity index (χ2v) is 8.22. The Hall–Kier alpha value is -3.73. The highest BCUT2D eigenvalue weighted by atomic mass is 19.4. The molecule has 11 heteroatoms. The number of nitrogen functional groups attached to an aromatic ring is 1. The van der Waals surface area contributed by atoms with Crippen molar-refractivity contribution in [2.24, 2.45) is 0 Å². The van der Waals surface area contributed by atoms with Gasteiger partial charge in [0, 0.05) is 13.1 Å². The van der Waals surface area contributed by atoms with Gasteiger partial charge in [0.1, 0.15) is 17.2 Å². The number of fused-ring (bicyclic) bond motifs is 4. The van der Waals surface area contributed by atoms with Crippen molar-refractivity contribution in [2.45, 2.75) is 25.2 Å². The van der Waals surface area contributed by atoms with Gasteiger partial charge in [0.15, 0.2) is 0 Å². The average molecular weight is 473 g/mol. The van der Waals surface area contributed by atoms with E-state index in [-0.39, 0.29) is 23.5 Å². The third kappa shape index (κ3) is 3.43. The number of ether oxygens (including phenoxy) is 1. The van der Waals surface area contributed by atoms with Crippen LogP contribution in [0.25, 0.3) is 16.6 Å². The maximum atomic E-state index is 15.0. The summed E-state index contributed by atoms with van der Waals surface area (Å²) < 4.78 is 61.9. The maximum absolute atomic E-state index is 15.0. The van der Waals surface area contributed by atoms with E-state index in [1.165, 1.54) is 36.6 Å². The Morgan fingerprint density at radius 3 is 2.71 bits per heavy atom. The fourth-order valence-electron chi connectivity index (χ4n) is 4.33. The van der Waals surface area contributed by atoms with Crippen molar-refractivity contribution in [3.05, 3.63) is 70.9 Å². The predicted octanol–water partition coefficient (Wildman–Crippen LogP) is 4.53. The molecule has 0 aliphatic carbocycles. The van der Waals surface area contributed by atoms with Crippen molar-refractivity contribution >= 4 is 28.3 Å². The highest BCUT2D eigenvalue weighted by molar-refractivity contribution is 5.98. The van der Waals surface area contributed by atoms with E-state index in [4.69, 9.17) is 10.5 Å². The Kier molecular flexibility index (Phi) is 4.97. The first kappa shape index (κ1) is 22.1. The van der Waals surface area contributed by atoms with Gasteiger partial charge in [-0.2, -0.15) is 13.2 Å². The number of carbonyl (C=O) groups excluding carboxylic acids is 1. The summed E-state index contributed by atoms with van der Waals surface area (Å²) in [5, 5.41) is 0. The second kappa shape index (κ2) is 7.66. The highest BCUT2D eigenvalue weighted by Crippen LogP contribution is 2.39. The van der Waals surface area contributed by atoms with Crippen molar-refractivity contribution < 1.29 is 27.1 Å². The normalized spacial score (nSPS) is 18.3. The lowest BCUT2D eigenvalue weighted by Gasteiger charge is -2.36. The molecule has 0 saturated carbocycles. The topological polar surface area (TPSA) is 85.8 Å². The molecule has 0 spiro atoms. The van der Waals surface area contributed by atoms with Gasteiger partial charge < -0.3 is 15.4 Å². The third-order valence-electron chi connectivity index (χ3n) is 6.20. The van der Waals surface area contributed by atoms with Gasteiger partial charge in [0.05, 0.1) is 53.4 Å². The molecule has 0 unspecified atom stereocenters. The lowest BCUT2D eigenvalue weighted by molar-refractivity contribution is -0.137. The molecule has 0 saturated heterocycles. The largest absolute Gasteiger partial charge is 0.416 e. The minimum absolute atomic E-state index is 0.0564. The minimum Gasteiger partial charge on any atom is -0.382 e. The van der Waals surface area contributed by atoms with E-state index in [0.29, 0.717) is 22.2 Å². The molecule has 2 atom stereocenters. The Morgan fingerprint density at radius 1 is 1.21 bits per heavy atom. The number of hydrogen-bond acceptors (Lipinski definition) is 5. The SMILES string of the molecule is C[C@H]1OC[C@@H](N(C)C(=O)c2cc3c(cc2F)nc(N)c2cncn23)c2ccc(C(F)(F)F)cc21. The summed E-state index contributed by atoms with van der Waals surface area (Å²) in [7, 11) is 1.46. The third-order valence-corrected chi connectivity index (χ3v) is 6.20. The molecular formula is C23H19F4N5O2. The average Bonchev–Trinajstić information content (AvgIpc) is 3.28. The summed E-state index contributed by atoms with van der Waals surface area (Å²) in [4.78, 5) is 22.8. The molecule has 2 N–H and O–H groups in total. The Balaban J connectivity index is 1.56. The van der Waals surface area contributed by atoms with Crippen LogP contribution >= 0.6 is 0 Å². The smallest absolute Gasteiger partial charge is 0.382 e. The molecule has 1 aliphatic heterocycles. The number of amides is 1. The van der Waals surface area contributed by atoms with E-state index in [0.717, 1.165) is 18.2 Å². The monoisotopic (exact) mass is 473 g/mol. The van der Waals surface area contributed by atoms with E-state index in [1.54, 1.807) is 11.3 Å². The molecule has 3 heterocycles. The fraction of sp³-hybridized carbons (Fsp3) is 0.261. The summed E-state index contributed by atoms with van der Waals surface area (Å²) >= 11 is 0. The van der Waals surface area contributed by atoms with Crippen molar-refractivity contribution in [1.29, 1.82) is 0 Å². The maximum Gasteiger partial charge on any atom is 0.416 e. The number of rotatable bonds is 2. The van der Waals surface area contributed by atoms with Crippen molar-refractivity contribution in [2.75, 3.05) is 19.4 Å². The summed E-state index contributed by atoms with van der Waals surface area (Å²) in [5.74, 6) is -1.28. The first-order valence-electron chi connectivity index (χ1n) is 10.4. The predicted molar refractivity (Wildman–Crippen MR) is 116 cm³/mol. The Bertz CT molecular complexity index is 1450. The zero-order valence-corrected chi connectivity index (χ0v) is 18.1. The number of aromatic nitrogens is 3. The van der Waals surface area contributed by atoms with Crippen LogP contribution in [0.4, 0.5) is 23.4 Å². The van der Waals surface area contributed by atoms with Crippen molar-refractivity contribution in [3.8, 4) is 0 Å². The molecule has 7 nitrogen and oxygen atoms in total. The number of imidazole rings is 1. The number of hydrogen-bond donors (Lipinski definition) is 1. The van der Waals surface area contributed by atoms with Gasteiger partial charge in [-0.05, 0) is 36.2 Å². The van der Waals surface area contributed by atoms with Gasteiger partial charge in [0.25, 0.3) is 5.91 Å². The van der Waals surface area contributed by atoms with E-state index >= 15 is 0 Å². The molecule has 2 aromatic carbocycles. The standard InChI is InChI=1S/C23H19F4N5O2/c1-11-14-5-12(23(25,26)27)3-4-13(14)20(9-34-11)31(2)22(33)15-6-18-17(7-16(15)24)30-21(28)19-8-29-10-32(18)19/h3-8,10-11,20H,9H2,1-2H3,(H2,28,30)/t11-,20-/m1/s1. The number of likely N-dealkylation sites (N-methyl/N-ethyl adjacent to an activating group) is 1. The summed E-state index contributed by atoms with van der Waals surface area (Å²) in [6.45, 7) is 1.70. The van der Waals surface area contributed by atoms with Crippen molar-refractivity contribution in [3.63, 3.8) is 0 Å². The van der Waals surface area contributed by atoms with E-state index in [9.17, 15) is 22.4 Å². The summed E-state index contributed by atoms with van der Waals surface area (Å²) in [6.07, 6.45) is -2.10. The number of nitrogens with two attached hydrogens (primary N) is 1. The quantitative estimate of drug-likeness (QED) is 0.433. The van der Waals surface area contributed by atoms with Gasteiger partial charge in [0.2, 0.25) is 0 Å². The van der Waals surface area contributed by atoms with Crippen LogP contribution in [-0.4, -0.2) is 38.8 Å². The van der Waals surface area contributed by atoms with Crippen LogP contribution in [0.2, 0.25) is 0 Å². The zero-order valence-electron chi connectivity index (χ0n) is 18.1. The molecule has 1 amide bonds. The number of anilines is 1. The summed E-state index contributed by atoms with van der Waals surface area (Å²) in [5.41, 5.74) is 6.94. The van der Waals surface area contributed by atoms with E-state index in [1.807, 2.05) is 0 Å².